The van der Waals surface area contributed by atoms with Crippen molar-refractivity contribution in [1.29, 1.82) is 0 Å². The van der Waals surface area contributed by atoms with Gasteiger partial charge in [0.15, 0.2) is 0 Å². The number of hydrogen-bond donors (Lipinski definition) is 1. The highest BCUT2D eigenvalue weighted by molar-refractivity contribution is 7.90. The molecular weight excluding hydrogens is 652 g/mol. The Balaban J connectivity index is 1.34. The second-order valence-electron chi connectivity index (χ2n) is 10.3. The summed E-state index contributed by atoms with van der Waals surface area (Å²) in [4.78, 5) is 21.0. The Morgan fingerprint density at radius 1 is 1.04 bits per heavy atom. The lowest BCUT2D eigenvalue weighted by atomic mass is 10.1. The van der Waals surface area contributed by atoms with Crippen molar-refractivity contribution in [2.24, 2.45) is 0 Å². The monoisotopic (exact) mass is 676 g/mol. The molecule has 1 N–H and O–H groups in total. The predicted molar refractivity (Wildman–Crippen MR) is 164 cm³/mol. The molecule has 0 unspecified atom stereocenters. The van der Waals surface area contributed by atoms with Gasteiger partial charge in [0.1, 0.15) is 51.7 Å². The lowest BCUT2D eigenvalue weighted by molar-refractivity contribution is -0.186. The molecular formula is C31H25ClF4N4O5S. The van der Waals surface area contributed by atoms with Crippen LogP contribution in [0.1, 0.15) is 11.3 Å². The maximum atomic E-state index is 13.5. The third kappa shape index (κ3) is 8.31. The summed E-state index contributed by atoms with van der Waals surface area (Å²) in [7, 11) is -3.63. The van der Waals surface area contributed by atoms with E-state index in [0.717, 1.165) is 6.26 Å². The fraction of sp³-hybridized carbons (Fsp3) is 0.194. The van der Waals surface area contributed by atoms with Gasteiger partial charge in [-0.15, -0.1) is 0 Å². The molecule has 0 saturated heterocycles. The van der Waals surface area contributed by atoms with Gasteiger partial charge in [-0.1, -0.05) is 23.7 Å². The van der Waals surface area contributed by atoms with Crippen LogP contribution in [0.25, 0.3) is 22.2 Å². The molecule has 3 aromatic carbocycles. The van der Waals surface area contributed by atoms with Gasteiger partial charge in [0.25, 0.3) is 0 Å². The molecule has 5 aromatic rings. The number of sulfone groups is 1. The quantitative estimate of drug-likeness (QED) is 0.150. The van der Waals surface area contributed by atoms with Crippen molar-refractivity contribution in [3.05, 3.63) is 101 Å². The van der Waals surface area contributed by atoms with Crippen molar-refractivity contribution < 1.29 is 39.9 Å². The summed E-state index contributed by atoms with van der Waals surface area (Å²) < 4.78 is 87.6. The summed E-state index contributed by atoms with van der Waals surface area (Å²) in [6.07, 6.45) is -2.94. The summed E-state index contributed by atoms with van der Waals surface area (Å²) >= 11 is 6.44. The van der Waals surface area contributed by atoms with Gasteiger partial charge < -0.3 is 19.4 Å². The van der Waals surface area contributed by atoms with Gasteiger partial charge in [0.05, 0.1) is 22.8 Å². The molecule has 0 radical (unpaired) electrons. The first-order chi connectivity index (χ1) is 21.7. The molecule has 15 heteroatoms. The molecule has 0 aliphatic carbocycles. The van der Waals surface area contributed by atoms with Crippen LogP contribution in [-0.4, -0.2) is 53.9 Å². The third-order valence-corrected chi connectivity index (χ3v) is 7.89. The number of hydrogen-bond acceptors (Lipinski definition) is 8. The van der Waals surface area contributed by atoms with Crippen molar-refractivity contribution in [1.82, 2.24) is 14.9 Å². The molecule has 0 aliphatic heterocycles. The molecule has 5 rings (SSSR count). The van der Waals surface area contributed by atoms with E-state index < -0.39 is 40.8 Å². The number of alkyl halides is 3. The van der Waals surface area contributed by atoms with Crippen LogP contribution in [0.2, 0.25) is 5.02 Å². The van der Waals surface area contributed by atoms with Gasteiger partial charge in [-0.3, -0.25) is 4.79 Å². The second kappa shape index (κ2) is 13.3. The number of carbonyl (C=O) groups is 1. The van der Waals surface area contributed by atoms with Crippen LogP contribution < -0.4 is 10.1 Å². The van der Waals surface area contributed by atoms with Crippen molar-refractivity contribution in [3.8, 4) is 17.1 Å². The average Bonchev–Trinajstić information content (AvgIpc) is 3.46. The molecule has 9 nitrogen and oxygen atoms in total. The smallest absolute Gasteiger partial charge is 0.471 e. The van der Waals surface area contributed by atoms with Crippen LogP contribution in [0.15, 0.2) is 83.5 Å². The van der Waals surface area contributed by atoms with Crippen LogP contribution >= 0.6 is 11.6 Å². The van der Waals surface area contributed by atoms with E-state index in [2.05, 4.69) is 15.3 Å². The number of nitrogens with zero attached hydrogens (tertiary/aromatic N) is 3. The van der Waals surface area contributed by atoms with Gasteiger partial charge in [-0.2, -0.15) is 13.2 Å². The Bertz CT molecular complexity index is 2000. The van der Waals surface area contributed by atoms with Crippen molar-refractivity contribution >= 4 is 49.8 Å². The van der Waals surface area contributed by atoms with Crippen LogP contribution in [-0.2, 0) is 27.8 Å². The predicted octanol–water partition coefficient (Wildman–Crippen LogP) is 6.94. The molecule has 0 atom stereocenters. The summed E-state index contributed by atoms with van der Waals surface area (Å²) in [5.41, 5.74) is 2.35. The maximum Gasteiger partial charge on any atom is 0.471 e. The topological polar surface area (TPSA) is 115 Å². The number of rotatable bonds is 11. The molecule has 0 aliphatic rings. The highest BCUT2D eigenvalue weighted by Gasteiger charge is 2.42. The highest BCUT2D eigenvalue weighted by atomic mass is 35.5. The first-order valence-corrected chi connectivity index (χ1v) is 16.0. The first kappa shape index (κ1) is 32.7. The highest BCUT2D eigenvalue weighted by Crippen LogP contribution is 2.33. The first-order valence-electron chi connectivity index (χ1n) is 13.6. The number of furan rings is 1. The summed E-state index contributed by atoms with van der Waals surface area (Å²) in [5.74, 6) is -2.05. The average molecular weight is 677 g/mol. The largest absolute Gasteiger partial charge is 0.487 e. The Labute approximate surface area is 265 Å². The van der Waals surface area contributed by atoms with Crippen LogP contribution in [0, 0.1) is 5.82 Å². The van der Waals surface area contributed by atoms with E-state index >= 15 is 0 Å². The lowest BCUT2D eigenvalue weighted by Gasteiger charge is -2.22. The van der Waals surface area contributed by atoms with E-state index in [9.17, 15) is 30.8 Å². The van der Waals surface area contributed by atoms with Crippen molar-refractivity contribution in [2.45, 2.75) is 19.3 Å². The zero-order valence-electron chi connectivity index (χ0n) is 24.0. The fourth-order valence-electron chi connectivity index (χ4n) is 4.44. The molecule has 0 bridgehead atoms. The van der Waals surface area contributed by atoms with E-state index in [1.165, 1.54) is 30.6 Å². The summed E-state index contributed by atoms with van der Waals surface area (Å²) in [6.45, 7) is -1.12. The van der Waals surface area contributed by atoms with Crippen molar-refractivity contribution in [3.63, 3.8) is 0 Å². The number of fused-ring (bicyclic) bond motifs is 1. The molecule has 46 heavy (non-hydrogen) atoms. The molecule has 0 spiro atoms. The number of carbonyl (C=O) groups excluding carboxylic acids is 1. The zero-order valence-corrected chi connectivity index (χ0v) is 25.6. The number of amides is 1. The fourth-order valence-corrected chi connectivity index (χ4v) is 5.23. The number of nitrogens with one attached hydrogen (secondary N) is 1. The number of halogens is 5. The van der Waals surface area contributed by atoms with E-state index in [0.29, 0.717) is 49.2 Å². The Morgan fingerprint density at radius 2 is 1.85 bits per heavy atom. The van der Waals surface area contributed by atoms with E-state index in [1.54, 1.807) is 48.5 Å². The van der Waals surface area contributed by atoms with Gasteiger partial charge in [0, 0.05) is 29.4 Å². The number of anilines is 2. The number of benzene rings is 3. The Morgan fingerprint density at radius 3 is 2.57 bits per heavy atom. The van der Waals surface area contributed by atoms with Gasteiger partial charge >= 0.3 is 12.1 Å². The van der Waals surface area contributed by atoms with E-state index in [-0.39, 0.29) is 23.9 Å². The van der Waals surface area contributed by atoms with Gasteiger partial charge in [0.2, 0.25) is 0 Å². The third-order valence-electron chi connectivity index (χ3n) is 6.67. The van der Waals surface area contributed by atoms with Crippen LogP contribution in [0.5, 0.6) is 5.75 Å². The molecule has 2 aromatic heterocycles. The minimum absolute atomic E-state index is 0.0261. The van der Waals surface area contributed by atoms with Crippen molar-refractivity contribution in [2.75, 3.05) is 23.9 Å². The molecule has 2 heterocycles. The van der Waals surface area contributed by atoms with Gasteiger partial charge in [-0.25, -0.2) is 22.8 Å². The second-order valence-corrected chi connectivity index (χ2v) is 12.9. The standard InChI is InChI=1S/C31H25ClF4N4O5S/c1-46(42,43)12-11-40(30(41)31(34,35)36)16-23-7-10-27(45-23)20-5-8-26-24(14-20)29(38-18-37-26)39-22-6-9-28(25(32)15-22)44-17-19-3-2-4-21(33)13-19/h2-10,13-15,18H,11-12,16-17H2,1H3,(H,37,38,39). The molecule has 240 valence electrons. The summed E-state index contributed by atoms with van der Waals surface area (Å²) in [6, 6.07) is 19.1. The maximum absolute atomic E-state index is 13.5. The summed E-state index contributed by atoms with van der Waals surface area (Å²) in [5, 5.41) is 4.08. The van der Waals surface area contributed by atoms with Crippen LogP contribution in [0.4, 0.5) is 29.1 Å². The molecule has 1 amide bonds. The zero-order chi connectivity index (χ0) is 33.1. The van der Waals surface area contributed by atoms with E-state index in [4.69, 9.17) is 20.8 Å². The SMILES string of the molecule is CS(=O)(=O)CCN(Cc1ccc(-c2ccc3ncnc(Nc4ccc(OCc5cccc(F)c5)c(Cl)c4)c3c2)o1)C(=O)C(F)(F)F. The van der Waals surface area contributed by atoms with Crippen LogP contribution in [0.3, 0.4) is 0 Å². The van der Waals surface area contributed by atoms with E-state index in [1.807, 2.05) is 0 Å². The normalized spacial score (nSPS) is 11.9. The molecule has 0 saturated carbocycles. The number of aromatic nitrogens is 2. The van der Waals surface area contributed by atoms with Gasteiger partial charge in [-0.05, 0) is 66.2 Å². The lowest BCUT2D eigenvalue weighted by Crippen LogP contribution is -2.42. The minimum Gasteiger partial charge on any atom is -0.487 e. The number of ether oxygens (including phenoxy) is 1. The molecule has 0 fully saturated rings. The Kier molecular flexibility index (Phi) is 9.49. The Hall–Kier alpha value is -4.69. The minimum atomic E-state index is -5.19.